The van der Waals surface area contributed by atoms with Crippen molar-refractivity contribution >= 4 is 38.9 Å². The number of sulfonamides is 1. The van der Waals surface area contributed by atoms with Crippen LogP contribution in [-0.4, -0.2) is 45.5 Å². The fraction of sp³-hybridized carbons (Fsp3) is 0.240. The SMILES string of the molecule is Cc1ccc(NS(=O)(=O)c2ccc(NC(=O)c3cccc(CN4CCOCC4)c3)cc2)cc1Cl. The van der Waals surface area contributed by atoms with E-state index in [1.807, 2.05) is 25.1 Å². The Hall–Kier alpha value is -2.91. The Bertz CT molecular complexity index is 1270. The van der Waals surface area contributed by atoms with Crippen molar-refractivity contribution in [1.82, 2.24) is 4.90 Å². The molecule has 2 N–H and O–H groups in total. The van der Waals surface area contributed by atoms with Crippen LogP contribution >= 0.6 is 11.6 Å². The predicted octanol–water partition coefficient (Wildman–Crippen LogP) is 4.53. The molecule has 0 bridgehead atoms. The van der Waals surface area contributed by atoms with Crippen molar-refractivity contribution in [3.63, 3.8) is 0 Å². The highest BCUT2D eigenvalue weighted by Gasteiger charge is 2.16. The number of rotatable bonds is 7. The number of hydrogen-bond acceptors (Lipinski definition) is 5. The van der Waals surface area contributed by atoms with E-state index >= 15 is 0 Å². The van der Waals surface area contributed by atoms with Gasteiger partial charge in [-0.2, -0.15) is 0 Å². The molecular weight excluding hydrogens is 474 g/mol. The van der Waals surface area contributed by atoms with Crippen LogP contribution in [0.1, 0.15) is 21.5 Å². The molecule has 1 saturated heterocycles. The Kier molecular flexibility index (Phi) is 7.53. The molecule has 4 rings (SSSR count). The number of carbonyl (C=O) groups is 1. The van der Waals surface area contributed by atoms with E-state index in [9.17, 15) is 13.2 Å². The quantitative estimate of drug-likeness (QED) is 0.498. The Balaban J connectivity index is 1.40. The van der Waals surface area contributed by atoms with E-state index in [0.29, 0.717) is 22.0 Å². The summed E-state index contributed by atoms with van der Waals surface area (Å²) in [6.45, 7) is 5.79. The van der Waals surface area contributed by atoms with E-state index in [4.69, 9.17) is 16.3 Å². The predicted molar refractivity (Wildman–Crippen MR) is 134 cm³/mol. The second-order valence-electron chi connectivity index (χ2n) is 8.14. The number of aryl methyl sites for hydroxylation is 1. The summed E-state index contributed by atoms with van der Waals surface area (Å²) in [5, 5.41) is 3.30. The number of benzene rings is 3. The van der Waals surface area contributed by atoms with E-state index in [0.717, 1.165) is 44.0 Å². The smallest absolute Gasteiger partial charge is 0.261 e. The molecule has 7 nitrogen and oxygen atoms in total. The lowest BCUT2D eigenvalue weighted by Gasteiger charge is -2.26. The first-order chi connectivity index (χ1) is 16.3. The minimum absolute atomic E-state index is 0.0784. The number of nitrogens with one attached hydrogen (secondary N) is 2. The van der Waals surface area contributed by atoms with E-state index in [1.165, 1.54) is 12.1 Å². The molecule has 3 aromatic carbocycles. The largest absolute Gasteiger partial charge is 0.379 e. The van der Waals surface area contributed by atoms with Crippen LogP contribution in [0.15, 0.2) is 71.6 Å². The molecule has 9 heteroatoms. The van der Waals surface area contributed by atoms with Crippen LogP contribution in [0.4, 0.5) is 11.4 Å². The minimum Gasteiger partial charge on any atom is -0.379 e. The van der Waals surface area contributed by atoms with Gasteiger partial charge in [-0.1, -0.05) is 29.8 Å². The van der Waals surface area contributed by atoms with Gasteiger partial charge in [0.2, 0.25) is 0 Å². The second kappa shape index (κ2) is 10.6. The van der Waals surface area contributed by atoms with E-state index in [2.05, 4.69) is 14.9 Å². The zero-order chi connectivity index (χ0) is 24.1. The van der Waals surface area contributed by atoms with Crippen LogP contribution in [-0.2, 0) is 21.3 Å². The third-order valence-electron chi connectivity index (χ3n) is 5.55. The molecule has 1 aliphatic rings. The number of nitrogens with zero attached hydrogens (tertiary/aromatic N) is 1. The number of morpholine rings is 1. The van der Waals surface area contributed by atoms with E-state index in [1.54, 1.807) is 36.4 Å². The fourth-order valence-corrected chi connectivity index (χ4v) is 4.85. The first-order valence-corrected chi connectivity index (χ1v) is 12.8. The zero-order valence-corrected chi connectivity index (χ0v) is 20.3. The molecule has 0 aromatic heterocycles. The second-order valence-corrected chi connectivity index (χ2v) is 10.2. The van der Waals surface area contributed by atoms with E-state index < -0.39 is 10.0 Å². The van der Waals surface area contributed by atoms with Gasteiger partial charge < -0.3 is 10.1 Å². The van der Waals surface area contributed by atoms with Gasteiger partial charge in [-0.15, -0.1) is 0 Å². The maximum atomic E-state index is 12.8. The number of amides is 1. The normalized spacial score (nSPS) is 14.5. The summed E-state index contributed by atoms with van der Waals surface area (Å²) in [6.07, 6.45) is 0. The monoisotopic (exact) mass is 499 g/mol. The van der Waals surface area contributed by atoms with Crippen LogP contribution in [0.5, 0.6) is 0 Å². The highest BCUT2D eigenvalue weighted by Crippen LogP contribution is 2.23. The van der Waals surface area contributed by atoms with Crippen molar-refractivity contribution in [1.29, 1.82) is 0 Å². The Labute approximate surface area is 204 Å². The van der Waals surface area contributed by atoms with Gasteiger partial charge >= 0.3 is 0 Å². The highest BCUT2D eigenvalue weighted by atomic mass is 35.5. The van der Waals surface area contributed by atoms with Crippen molar-refractivity contribution in [2.45, 2.75) is 18.4 Å². The van der Waals surface area contributed by atoms with Gasteiger partial charge in [0, 0.05) is 35.9 Å². The summed E-state index contributed by atoms with van der Waals surface area (Å²) >= 11 is 6.08. The lowest BCUT2D eigenvalue weighted by atomic mass is 10.1. The molecule has 0 spiro atoms. The summed E-state index contributed by atoms with van der Waals surface area (Å²) in [5.74, 6) is -0.258. The highest BCUT2D eigenvalue weighted by molar-refractivity contribution is 7.92. The number of ether oxygens (including phenoxy) is 1. The first-order valence-electron chi connectivity index (χ1n) is 10.9. The average molecular weight is 500 g/mol. The maximum Gasteiger partial charge on any atom is 0.261 e. The lowest BCUT2D eigenvalue weighted by molar-refractivity contribution is 0.0342. The topological polar surface area (TPSA) is 87.7 Å². The van der Waals surface area contributed by atoms with E-state index in [-0.39, 0.29) is 10.8 Å². The van der Waals surface area contributed by atoms with Gasteiger partial charge in [0.05, 0.1) is 23.8 Å². The van der Waals surface area contributed by atoms with Crippen molar-refractivity contribution < 1.29 is 17.9 Å². The molecule has 3 aromatic rings. The molecule has 34 heavy (non-hydrogen) atoms. The zero-order valence-electron chi connectivity index (χ0n) is 18.8. The number of anilines is 2. The molecule has 178 valence electrons. The standard InChI is InChI=1S/C25H26ClN3O4S/c1-18-5-6-22(16-24(18)26)28-34(31,32)23-9-7-21(8-10-23)27-25(30)20-4-2-3-19(15-20)17-29-11-13-33-14-12-29/h2-10,15-16,28H,11-14,17H2,1H3,(H,27,30). The summed E-state index contributed by atoms with van der Waals surface area (Å²) in [5.41, 5.74) is 3.33. The van der Waals surface area contributed by atoms with Crippen molar-refractivity contribution in [3.05, 3.63) is 88.4 Å². The van der Waals surface area contributed by atoms with Gasteiger partial charge in [-0.05, 0) is 66.6 Å². The Morgan fingerprint density at radius 3 is 2.41 bits per heavy atom. The van der Waals surface area contributed by atoms with Crippen molar-refractivity contribution in [2.24, 2.45) is 0 Å². The molecule has 0 aliphatic carbocycles. The van der Waals surface area contributed by atoms with Crippen LogP contribution in [0.25, 0.3) is 0 Å². The molecule has 1 heterocycles. The molecule has 1 aliphatic heterocycles. The third-order valence-corrected chi connectivity index (χ3v) is 7.35. The summed E-state index contributed by atoms with van der Waals surface area (Å²) in [6, 6.07) is 18.5. The van der Waals surface area contributed by atoms with Crippen molar-refractivity contribution in [2.75, 3.05) is 36.3 Å². The van der Waals surface area contributed by atoms with Crippen LogP contribution < -0.4 is 10.0 Å². The molecule has 1 amide bonds. The first kappa shape index (κ1) is 24.2. The average Bonchev–Trinajstić information content (AvgIpc) is 2.82. The Morgan fingerprint density at radius 1 is 1.00 bits per heavy atom. The number of carbonyl (C=O) groups excluding carboxylic acids is 1. The Morgan fingerprint density at radius 2 is 1.71 bits per heavy atom. The van der Waals surface area contributed by atoms with Gasteiger partial charge in [0.1, 0.15) is 0 Å². The number of hydrogen-bond donors (Lipinski definition) is 2. The summed E-state index contributed by atoms with van der Waals surface area (Å²) in [7, 11) is -3.80. The maximum absolute atomic E-state index is 12.8. The summed E-state index contributed by atoms with van der Waals surface area (Å²) < 4.78 is 33.3. The van der Waals surface area contributed by atoms with Crippen LogP contribution in [0.3, 0.4) is 0 Å². The minimum atomic E-state index is -3.80. The number of halogens is 1. The molecule has 0 saturated carbocycles. The lowest BCUT2D eigenvalue weighted by Crippen LogP contribution is -2.35. The molecule has 0 unspecified atom stereocenters. The van der Waals surface area contributed by atoms with Gasteiger partial charge in [-0.3, -0.25) is 14.4 Å². The van der Waals surface area contributed by atoms with Crippen LogP contribution in [0, 0.1) is 6.92 Å². The third kappa shape index (κ3) is 6.15. The van der Waals surface area contributed by atoms with Gasteiger partial charge in [-0.25, -0.2) is 8.42 Å². The van der Waals surface area contributed by atoms with Crippen molar-refractivity contribution in [3.8, 4) is 0 Å². The fourth-order valence-electron chi connectivity index (χ4n) is 3.62. The molecule has 1 fully saturated rings. The summed E-state index contributed by atoms with van der Waals surface area (Å²) in [4.78, 5) is 15.1. The molecule has 0 radical (unpaired) electrons. The van der Waals surface area contributed by atoms with Crippen LogP contribution in [0.2, 0.25) is 5.02 Å². The van der Waals surface area contributed by atoms with Gasteiger partial charge in [0.25, 0.3) is 15.9 Å². The molecule has 0 atom stereocenters. The van der Waals surface area contributed by atoms with Gasteiger partial charge in [0.15, 0.2) is 0 Å². The molecular formula is C25H26ClN3O4S.